The van der Waals surface area contributed by atoms with Crippen molar-refractivity contribution >= 4 is 5.69 Å². The zero-order chi connectivity index (χ0) is 11.9. The molecule has 0 unspecified atom stereocenters. The second-order valence-corrected chi connectivity index (χ2v) is 3.72. The SMILES string of the molecule is Nc1ccccc1-[c-]1cccc1.[Fe+2].c1cc[cH-]c1. The fourth-order valence-corrected chi connectivity index (χ4v) is 1.63. The Balaban J connectivity index is 0.000000230. The van der Waals surface area contributed by atoms with E-state index in [2.05, 4.69) is 12.1 Å². The average Bonchev–Trinajstić information content (AvgIpc) is 3.06. The number of rotatable bonds is 1. The standard InChI is InChI=1S/C11H10N.C5H5.Fe/c12-11-8-4-3-7-10(11)9-5-1-2-6-9;1-2-4-5-3-1;/h1-8H,12H2;1-5H;/q2*-1;+2. The summed E-state index contributed by atoms with van der Waals surface area (Å²) in [6.07, 6.45) is 0. The van der Waals surface area contributed by atoms with Crippen LogP contribution in [-0.4, -0.2) is 0 Å². The molecule has 0 aromatic heterocycles. The average molecular weight is 277 g/mol. The van der Waals surface area contributed by atoms with E-state index in [9.17, 15) is 0 Å². The van der Waals surface area contributed by atoms with Gasteiger partial charge in [-0.1, -0.05) is 29.3 Å². The molecule has 0 amide bonds. The molecule has 0 fully saturated rings. The first-order chi connectivity index (χ1) is 8.38. The minimum atomic E-state index is 0. The first kappa shape index (κ1) is 14.3. The Morgan fingerprint density at radius 1 is 0.833 bits per heavy atom. The van der Waals surface area contributed by atoms with Crippen LogP contribution in [0.25, 0.3) is 11.1 Å². The van der Waals surface area contributed by atoms with Crippen LogP contribution in [0.1, 0.15) is 0 Å². The molecule has 0 atom stereocenters. The summed E-state index contributed by atoms with van der Waals surface area (Å²) >= 11 is 0. The van der Waals surface area contributed by atoms with Crippen molar-refractivity contribution in [2.75, 3.05) is 5.73 Å². The fourth-order valence-electron chi connectivity index (χ4n) is 1.63. The molecule has 0 heterocycles. The van der Waals surface area contributed by atoms with E-state index in [4.69, 9.17) is 5.73 Å². The van der Waals surface area contributed by atoms with Crippen molar-refractivity contribution in [1.29, 1.82) is 0 Å². The van der Waals surface area contributed by atoms with Gasteiger partial charge in [-0.15, -0.1) is 18.2 Å². The molecule has 2 heteroatoms. The number of anilines is 1. The number of benzene rings is 1. The smallest absolute Gasteiger partial charge is 0.429 e. The summed E-state index contributed by atoms with van der Waals surface area (Å²) in [6.45, 7) is 0. The molecule has 18 heavy (non-hydrogen) atoms. The predicted octanol–water partition coefficient (Wildman–Crippen LogP) is 4.06. The maximum atomic E-state index is 5.81. The van der Waals surface area contributed by atoms with E-state index in [0.29, 0.717) is 0 Å². The Morgan fingerprint density at radius 3 is 1.94 bits per heavy atom. The molecule has 2 N–H and O–H groups in total. The molecule has 0 saturated carbocycles. The van der Waals surface area contributed by atoms with Crippen molar-refractivity contribution in [2.45, 2.75) is 0 Å². The number of para-hydroxylation sites is 1. The van der Waals surface area contributed by atoms with E-state index >= 15 is 0 Å². The molecule has 0 aliphatic heterocycles. The van der Waals surface area contributed by atoms with Crippen LogP contribution in [0, 0.1) is 0 Å². The maximum absolute atomic E-state index is 5.81. The second-order valence-electron chi connectivity index (χ2n) is 3.72. The predicted molar refractivity (Wildman–Crippen MR) is 73.9 cm³/mol. The van der Waals surface area contributed by atoms with Gasteiger partial charge < -0.3 is 5.73 Å². The molecule has 0 radical (unpaired) electrons. The van der Waals surface area contributed by atoms with Gasteiger partial charge in [0.1, 0.15) is 0 Å². The second kappa shape index (κ2) is 7.54. The van der Waals surface area contributed by atoms with Crippen LogP contribution in [-0.2, 0) is 17.1 Å². The number of hydrogen-bond donors (Lipinski definition) is 1. The molecule has 1 nitrogen and oxygen atoms in total. The summed E-state index contributed by atoms with van der Waals surface area (Å²) < 4.78 is 0. The van der Waals surface area contributed by atoms with Gasteiger partial charge in [0.2, 0.25) is 0 Å². The van der Waals surface area contributed by atoms with Gasteiger partial charge in [0.25, 0.3) is 0 Å². The quantitative estimate of drug-likeness (QED) is 0.405. The third-order valence-corrected chi connectivity index (χ3v) is 2.49. The van der Waals surface area contributed by atoms with Crippen LogP contribution in [0.2, 0.25) is 0 Å². The van der Waals surface area contributed by atoms with Gasteiger partial charge >= 0.3 is 17.1 Å². The number of nitrogen functional groups attached to an aromatic ring is 1. The Hall–Kier alpha value is -1.76. The van der Waals surface area contributed by atoms with Crippen molar-refractivity contribution in [3.63, 3.8) is 0 Å². The summed E-state index contributed by atoms with van der Waals surface area (Å²) in [7, 11) is 0. The maximum Gasteiger partial charge on any atom is 2.00 e. The number of hydrogen-bond acceptors (Lipinski definition) is 1. The molecule has 92 valence electrons. The third kappa shape index (κ3) is 3.92. The Kier molecular flexibility index (Phi) is 5.99. The molecule has 3 aromatic carbocycles. The third-order valence-electron chi connectivity index (χ3n) is 2.49. The van der Waals surface area contributed by atoms with E-state index in [-0.39, 0.29) is 17.1 Å². The van der Waals surface area contributed by atoms with Crippen LogP contribution in [0.4, 0.5) is 5.69 Å². The monoisotopic (exact) mass is 277 g/mol. The number of nitrogens with two attached hydrogens (primary N) is 1. The molecular formula is C16H15FeN. The van der Waals surface area contributed by atoms with Gasteiger partial charge in [-0.2, -0.15) is 30.3 Å². The Morgan fingerprint density at radius 2 is 1.44 bits per heavy atom. The summed E-state index contributed by atoms with van der Waals surface area (Å²) in [5.41, 5.74) is 8.95. The normalized spacial score (nSPS) is 8.89. The summed E-state index contributed by atoms with van der Waals surface area (Å²) in [5.74, 6) is 0. The summed E-state index contributed by atoms with van der Waals surface area (Å²) in [6, 6.07) is 26.0. The van der Waals surface area contributed by atoms with Crippen molar-refractivity contribution < 1.29 is 17.1 Å². The summed E-state index contributed by atoms with van der Waals surface area (Å²) in [4.78, 5) is 0. The van der Waals surface area contributed by atoms with Crippen LogP contribution in [0.3, 0.4) is 0 Å². The van der Waals surface area contributed by atoms with Crippen LogP contribution in [0.15, 0.2) is 78.9 Å². The molecule has 0 saturated heterocycles. The summed E-state index contributed by atoms with van der Waals surface area (Å²) in [5, 5.41) is 0. The van der Waals surface area contributed by atoms with Crippen molar-refractivity contribution in [1.82, 2.24) is 0 Å². The Labute approximate surface area is 118 Å². The van der Waals surface area contributed by atoms with Crippen LogP contribution in [0.5, 0.6) is 0 Å². The van der Waals surface area contributed by atoms with Crippen molar-refractivity contribution in [2.24, 2.45) is 0 Å². The van der Waals surface area contributed by atoms with Gasteiger partial charge in [-0.25, -0.2) is 12.1 Å². The van der Waals surface area contributed by atoms with Crippen LogP contribution < -0.4 is 5.73 Å². The molecule has 0 aliphatic carbocycles. The van der Waals surface area contributed by atoms with E-state index in [0.717, 1.165) is 11.3 Å². The van der Waals surface area contributed by atoms with Crippen LogP contribution >= 0.6 is 0 Å². The van der Waals surface area contributed by atoms with E-state index < -0.39 is 0 Å². The molecular weight excluding hydrogens is 262 g/mol. The van der Waals surface area contributed by atoms with Gasteiger partial charge in [0, 0.05) is 0 Å². The van der Waals surface area contributed by atoms with Gasteiger partial charge in [0.15, 0.2) is 0 Å². The van der Waals surface area contributed by atoms with Gasteiger partial charge in [0.05, 0.1) is 0 Å². The topological polar surface area (TPSA) is 26.0 Å². The molecule has 0 aliphatic rings. The minimum Gasteiger partial charge on any atom is -0.429 e. The van der Waals surface area contributed by atoms with Crippen molar-refractivity contribution in [3.05, 3.63) is 78.9 Å². The zero-order valence-electron chi connectivity index (χ0n) is 9.94. The fraction of sp³-hybridized carbons (Fsp3) is 0. The van der Waals surface area contributed by atoms with E-state index in [1.54, 1.807) is 0 Å². The molecule has 0 bridgehead atoms. The first-order valence-corrected chi connectivity index (χ1v) is 5.61. The van der Waals surface area contributed by atoms with E-state index in [1.807, 2.05) is 66.7 Å². The molecule has 0 spiro atoms. The van der Waals surface area contributed by atoms with E-state index in [1.165, 1.54) is 5.56 Å². The molecule has 3 aromatic rings. The van der Waals surface area contributed by atoms with Gasteiger partial charge in [-0.3, -0.25) is 0 Å². The zero-order valence-corrected chi connectivity index (χ0v) is 11.0. The first-order valence-electron chi connectivity index (χ1n) is 5.61. The molecule has 3 rings (SSSR count). The minimum absolute atomic E-state index is 0. The van der Waals surface area contributed by atoms with Crippen molar-refractivity contribution in [3.8, 4) is 11.1 Å². The Bertz CT molecular complexity index is 507. The largest absolute Gasteiger partial charge is 2.00 e. The van der Waals surface area contributed by atoms with Gasteiger partial charge in [-0.05, 0) is 5.69 Å².